The summed E-state index contributed by atoms with van der Waals surface area (Å²) >= 11 is 0. The van der Waals surface area contributed by atoms with E-state index in [9.17, 15) is 24.6 Å². The first-order chi connectivity index (χ1) is 26.8. The van der Waals surface area contributed by atoms with Crippen LogP contribution in [-0.2, 0) is 33.3 Å². The monoisotopic (exact) mass is 827 g/mol. The summed E-state index contributed by atoms with van der Waals surface area (Å²) in [5.74, 6) is -1.24. The summed E-state index contributed by atoms with van der Waals surface area (Å²) in [6.45, 7) is 28.1. The number of carbonyl (C=O) groups excluding carboxylic acids is 2. The van der Waals surface area contributed by atoms with Crippen LogP contribution in [0.25, 0.3) is 0 Å². The van der Waals surface area contributed by atoms with Crippen molar-refractivity contribution < 1.29 is 48.7 Å². The van der Waals surface area contributed by atoms with Crippen LogP contribution < -0.4 is 10.6 Å². The van der Waals surface area contributed by atoms with E-state index in [1.165, 1.54) is 7.11 Å². The molecular weight excluding hydrogens is 732 g/mol. The number of aliphatic carboxylic acids is 1. The number of hydrogen-bond donors (Lipinski definition) is 5. The van der Waals surface area contributed by atoms with Gasteiger partial charge in [-0.1, -0.05) is 62.3 Å². The third-order valence-electron chi connectivity index (χ3n) is 9.09. The lowest BCUT2D eigenvalue weighted by Gasteiger charge is -2.42. The van der Waals surface area contributed by atoms with Crippen LogP contribution in [-0.4, -0.2) is 160 Å². The highest BCUT2D eigenvalue weighted by Crippen LogP contribution is 2.34. The number of carboxylic acid groups (broad SMARTS) is 1. The van der Waals surface area contributed by atoms with E-state index in [-0.39, 0.29) is 43.3 Å². The zero-order valence-electron chi connectivity index (χ0n) is 40.1. The number of aliphatic hydroxyl groups excluding tert-OH is 2. The predicted octanol–water partition coefficient (Wildman–Crippen LogP) is 5.85. The summed E-state index contributed by atoms with van der Waals surface area (Å²) < 4.78 is 23.8. The van der Waals surface area contributed by atoms with E-state index in [1.807, 2.05) is 104 Å². The zero-order valence-corrected chi connectivity index (χ0v) is 40.1. The molecule has 0 aliphatic rings. The largest absolute Gasteiger partial charge is 0.481 e. The third-order valence-corrected chi connectivity index (χ3v) is 9.09. The molecule has 0 aliphatic heterocycles. The lowest BCUT2D eigenvalue weighted by atomic mass is 9.81. The van der Waals surface area contributed by atoms with Crippen molar-refractivity contribution >= 4 is 18.2 Å². The van der Waals surface area contributed by atoms with Gasteiger partial charge in [0.2, 0.25) is 5.91 Å². The van der Waals surface area contributed by atoms with Crippen LogP contribution in [0, 0.1) is 11.8 Å². The molecule has 0 heterocycles. The van der Waals surface area contributed by atoms with E-state index < -0.39 is 42.2 Å². The maximum atomic E-state index is 12.8. The molecule has 0 saturated carbocycles. The molecule has 0 aliphatic carbocycles. The van der Waals surface area contributed by atoms with Crippen LogP contribution in [0.15, 0.2) is 0 Å². The SMILES string of the molecule is CC.CC.CC.CCC(OC(C)CC(C)N(C)C)O[C@H]([C@@H](C)CC(C)C=O)[C@@](C)(CCC(=O)NC(C)C(O)C(O)COC)OC.CN(C)CCCNCCC(=O)O. The Bertz CT molecular complexity index is 917. The number of rotatable bonds is 29. The number of ether oxygens (including phenoxy) is 4. The molecule has 0 saturated heterocycles. The third kappa shape index (κ3) is 34.8. The lowest BCUT2D eigenvalue weighted by molar-refractivity contribution is -0.247. The van der Waals surface area contributed by atoms with Gasteiger partial charge in [0, 0.05) is 39.1 Å². The van der Waals surface area contributed by atoms with Gasteiger partial charge in [-0.3, -0.25) is 9.59 Å². The number of aliphatic hydroxyl groups is 2. The number of hydrogen-bond acceptors (Lipinski definition) is 12. The van der Waals surface area contributed by atoms with Crippen molar-refractivity contribution in [3.8, 4) is 0 Å². The van der Waals surface area contributed by atoms with Gasteiger partial charge in [0.25, 0.3) is 0 Å². The molecule has 0 aromatic heterocycles. The topological polar surface area (TPSA) is 179 Å². The van der Waals surface area contributed by atoms with Crippen molar-refractivity contribution in [2.45, 2.75) is 183 Å². The lowest BCUT2D eigenvalue weighted by Crippen LogP contribution is -2.51. The summed E-state index contributed by atoms with van der Waals surface area (Å²) in [4.78, 5) is 38.6. The Balaban J connectivity index is -0.000000418. The number of carbonyl (C=O) groups is 3. The summed E-state index contributed by atoms with van der Waals surface area (Å²) in [6.07, 6.45) is 1.52. The Morgan fingerprint density at radius 1 is 0.860 bits per heavy atom. The van der Waals surface area contributed by atoms with Gasteiger partial charge < -0.3 is 59.5 Å². The highest BCUT2D eigenvalue weighted by molar-refractivity contribution is 5.76. The quantitative estimate of drug-likeness (QED) is 0.0345. The molecule has 7 unspecified atom stereocenters. The van der Waals surface area contributed by atoms with Crippen molar-refractivity contribution in [3.05, 3.63) is 0 Å². The Labute approximate surface area is 350 Å². The minimum Gasteiger partial charge on any atom is -0.481 e. The second kappa shape index (κ2) is 41.0. The molecule has 0 fully saturated rings. The average molecular weight is 827 g/mol. The van der Waals surface area contributed by atoms with Gasteiger partial charge in [-0.05, 0) is 107 Å². The fraction of sp³-hybridized carbons (Fsp3) is 0.930. The van der Waals surface area contributed by atoms with Gasteiger partial charge in [-0.15, -0.1) is 0 Å². The first-order valence-corrected chi connectivity index (χ1v) is 21.5. The van der Waals surface area contributed by atoms with E-state index in [2.05, 4.69) is 27.4 Å². The van der Waals surface area contributed by atoms with Crippen molar-refractivity contribution in [3.63, 3.8) is 0 Å². The van der Waals surface area contributed by atoms with Gasteiger partial charge in [0.05, 0.1) is 36.9 Å². The molecular formula is C43H94N4O10. The van der Waals surface area contributed by atoms with Crippen LogP contribution in [0.3, 0.4) is 0 Å². The molecule has 5 N–H and O–H groups in total. The van der Waals surface area contributed by atoms with Gasteiger partial charge >= 0.3 is 5.97 Å². The number of carboxylic acids is 1. The number of nitrogens with one attached hydrogen (secondary N) is 2. The second-order valence-electron chi connectivity index (χ2n) is 14.7. The molecule has 10 atom stereocenters. The summed E-state index contributed by atoms with van der Waals surface area (Å²) in [5, 5.41) is 34.4. The molecule has 1 amide bonds. The fourth-order valence-corrected chi connectivity index (χ4v) is 5.62. The normalized spacial score (nSPS) is 16.7. The molecule has 14 nitrogen and oxygen atoms in total. The molecule has 0 spiro atoms. The minimum absolute atomic E-state index is 0.0295. The van der Waals surface area contributed by atoms with Crippen LogP contribution in [0.5, 0.6) is 0 Å². The Kier molecular flexibility index (Phi) is 46.3. The molecule has 57 heavy (non-hydrogen) atoms. The van der Waals surface area contributed by atoms with E-state index >= 15 is 0 Å². The first-order valence-electron chi connectivity index (χ1n) is 21.5. The summed E-state index contributed by atoms with van der Waals surface area (Å²) in [7, 11) is 11.2. The van der Waals surface area contributed by atoms with Crippen molar-refractivity contribution in [1.29, 1.82) is 0 Å². The number of aldehydes is 1. The Morgan fingerprint density at radius 3 is 1.86 bits per heavy atom. The zero-order chi connectivity index (χ0) is 45.7. The molecule has 0 bridgehead atoms. The molecule has 0 rings (SSSR count). The maximum Gasteiger partial charge on any atom is 0.304 e. The first kappa shape index (κ1) is 64.4. The Morgan fingerprint density at radius 2 is 1.42 bits per heavy atom. The van der Waals surface area contributed by atoms with Crippen LogP contribution in [0.1, 0.15) is 135 Å². The standard InChI is InChI=1S/C29H58N2O8.C8H18N2O2.3C2H6/c1-12-26(38-22(5)16-21(4)31(8)9)39-28(20(3)15-19(2)17-32)29(7,37-11)14-13-25(34)30-23(6)27(35)24(33)18-36-10;1-10(2)7-3-5-9-6-4-8(11)12;3*1-2/h17,19-24,26-28,33,35H,12-16,18H2,1-11H3,(H,30,34);9H,3-7H2,1-2H3,(H,11,12);3*1-2H3/t19?,20-,21?,22?,23?,24?,26?,27?,28+,29+;;;;/m0..../s1. The highest BCUT2D eigenvalue weighted by atomic mass is 16.7. The minimum atomic E-state index is -1.16. The fourth-order valence-electron chi connectivity index (χ4n) is 5.62. The van der Waals surface area contributed by atoms with E-state index in [4.69, 9.17) is 24.1 Å². The van der Waals surface area contributed by atoms with Crippen molar-refractivity contribution in [2.75, 3.05) is 68.7 Å². The predicted molar refractivity (Wildman–Crippen MR) is 235 cm³/mol. The van der Waals surface area contributed by atoms with Crippen LogP contribution in [0.4, 0.5) is 0 Å². The molecule has 14 heteroatoms. The number of nitrogens with zero attached hydrogens (tertiary/aromatic N) is 2. The number of amides is 1. The average Bonchev–Trinajstić information content (AvgIpc) is 3.18. The van der Waals surface area contributed by atoms with E-state index in [0.29, 0.717) is 31.8 Å². The van der Waals surface area contributed by atoms with Gasteiger partial charge in [0.1, 0.15) is 18.5 Å². The number of methoxy groups -OCH3 is 2. The van der Waals surface area contributed by atoms with E-state index in [1.54, 1.807) is 14.0 Å². The van der Waals surface area contributed by atoms with Crippen molar-refractivity contribution in [1.82, 2.24) is 20.4 Å². The Hall–Kier alpha value is -1.75. The molecule has 346 valence electrons. The van der Waals surface area contributed by atoms with Crippen molar-refractivity contribution in [2.24, 2.45) is 11.8 Å². The van der Waals surface area contributed by atoms with Crippen LogP contribution >= 0.6 is 0 Å². The second-order valence-corrected chi connectivity index (χ2v) is 14.7. The van der Waals surface area contributed by atoms with E-state index in [0.717, 1.165) is 32.2 Å². The smallest absolute Gasteiger partial charge is 0.304 e. The maximum absolute atomic E-state index is 12.8. The van der Waals surface area contributed by atoms with Gasteiger partial charge in [-0.2, -0.15) is 0 Å². The molecule has 0 radical (unpaired) electrons. The highest BCUT2D eigenvalue weighted by Gasteiger charge is 2.41. The summed E-state index contributed by atoms with van der Waals surface area (Å²) in [5.41, 5.74) is -0.853. The van der Waals surface area contributed by atoms with Gasteiger partial charge in [0.15, 0.2) is 6.29 Å². The molecule has 0 aromatic carbocycles. The summed E-state index contributed by atoms with van der Waals surface area (Å²) in [6, 6.07) is -0.320. The molecule has 0 aromatic rings. The van der Waals surface area contributed by atoms with Crippen LogP contribution in [0.2, 0.25) is 0 Å². The van der Waals surface area contributed by atoms with Gasteiger partial charge in [-0.25, -0.2) is 0 Å².